The lowest BCUT2D eigenvalue weighted by atomic mass is 10.2. The Morgan fingerprint density at radius 1 is 1.23 bits per heavy atom. The molecule has 0 radical (unpaired) electrons. The zero-order chi connectivity index (χ0) is 16.7. The molecule has 3 N–H and O–H groups in total. The average molecular weight is 301 g/mol. The molecule has 1 aromatic heterocycles. The number of nitrogens with two attached hydrogens (primary N) is 1. The number of para-hydroxylation sites is 2. The van der Waals surface area contributed by atoms with Crippen molar-refractivity contribution in [2.75, 3.05) is 11.1 Å². The van der Waals surface area contributed by atoms with Crippen molar-refractivity contribution in [2.45, 2.75) is 33.7 Å². The number of carbonyl (C=O) groups excluding carboxylic acids is 1. The number of hydrogen-bond donors (Lipinski definition) is 2. The lowest BCUT2D eigenvalue weighted by molar-refractivity contribution is -0.118. The van der Waals surface area contributed by atoms with Crippen LogP contribution in [-0.4, -0.2) is 10.5 Å². The predicted molar refractivity (Wildman–Crippen MR) is 91.0 cm³/mol. The first-order chi connectivity index (χ1) is 10.5. The molecule has 2 rings (SSSR count). The van der Waals surface area contributed by atoms with Gasteiger partial charge in [-0.15, -0.1) is 0 Å². The Labute approximate surface area is 130 Å². The lowest BCUT2D eigenvalue weighted by Gasteiger charge is -2.16. The minimum atomic E-state index is -0.609. The minimum Gasteiger partial charge on any atom is -0.397 e. The second kappa shape index (κ2) is 8.02. The molecular formula is C17H23N3O2. The van der Waals surface area contributed by atoms with E-state index in [-0.39, 0.29) is 11.5 Å². The van der Waals surface area contributed by atoms with Crippen molar-refractivity contribution < 1.29 is 4.79 Å². The smallest absolute Gasteiger partial charge is 0.251 e. The minimum absolute atomic E-state index is 0.200. The number of nitrogens with zero attached hydrogens (tertiary/aromatic N) is 1. The largest absolute Gasteiger partial charge is 0.397 e. The number of hydrogen-bond acceptors (Lipinski definition) is 3. The van der Waals surface area contributed by atoms with Crippen molar-refractivity contribution in [1.29, 1.82) is 0 Å². The van der Waals surface area contributed by atoms with Gasteiger partial charge in [0.05, 0.1) is 11.4 Å². The molecule has 0 saturated carbocycles. The number of aromatic nitrogens is 1. The fourth-order valence-corrected chi connectivity index (χ4v) is 1.88. The summed E-state index contributed by atoms with van der Waals surface area (Å²) in [5.41, 5.74) is 7.48. The number of nitrogen functional groups attached to an aromatic ring is 1. The molecule has 1 heterocycles. The maximum atomic E-state index is 12.2. The second-order valence-electron chi connectivity index (χ2n) is 4.70. The summed E-state index contributed by atoms with van der Waals surface area (Å²) in [5, 5.41) is 2.73. The maximum absolute atomic E-state index is 12.2. The van der Waals surface area contributed by atoms with Gasteiger partial charge in [0.25, 0.3) is 5.56 Å². The maximum Gasteiger partial charge on any atom is 0.251 e. The fourth-order valence-electron chi connectivity index (χ4n) is 1.88. The molecule has 5 heteroatoms. The first-order valence-corrected chi connectivity index (χ1v) is 7.33. The number of nitrogens with one attached hydrogen (secondary N) is 1. The average Bonchev–Trinajstić information content (AvgIpc) is 2.51. The van der Waals surface area contributed by atoms with Crippen LogP contribution in [-0.2, 0) is 4.79 Å². The van der Waals surface area contributed by atoms with Crippen LogP contribution in [0.2, 0.25) is 0 Å². The molecule has 1 amide bonds. The molecule has 118 valence electrons. The SMILES string of the molecule is CC.Cc1ccn(C(C)C(=O)Nc2ccccc2N)c(=O)c1. The molecule has 1 unspecified atom stereocenters. The summed E-state index contributed by atoms with van der Waals surface area (Å²) in [6.45, 7) is 7.51. The quantitative estimate of drug-likeness (QED) is 0.856. The third-order valence-corrected chi connectivity index (χ3v) is 3.12. The summed E-state index contributed by atoms with van der Waals surface area (Å²) >= 11 is 0. The zero-order valence-corrected chi connectivity index (χ0v) is 13.5. The predicted octanol–water partition coefficient (Wildman–Crippen LogP) is 2.96. The molecule has 0 aliphatic carbocycles. The highest BCUT2D eigenvalue weighted by molar-refractivity contribution is 5.96. The van der Waals surface area contributed by atoms with Crippen LogP contribution in [0, 0.1) is 6.92 Å². The van der Waals surface area contributed by atoms with Crippen LogP contribution in [0.5, 0.6) is 0 Å². The number of anilines is 2. The van der Waals surface area contributed by atoms with Gasteiger partial charge < -0.3 is 15.6 Å². The monoisotopic (exact) mass is 301 g/mol. The van der Waals surface area contributed by atoms with Gasteiger partial charge in [-0.1, -0.05) is 26.0 Å². The molecule has 1 atom stereocenters. The van der Waals surface area contributed by atoms with E-state index in [0.29, 0.717) is 11.4 Å². The Kier molecular flexibility index (Phi) is 6.38. The third kappa shape index (κ3) is 4.22. The Balaban J connectivity index is 0.00000116. The molecule has 0 aliphatic rings. The summed E-state index contributed by atoms with van der Waals surface area (Å²) in [5.74, 6) is -0.283. The highest BCUT2D eigenvalue weighted by atomic mass is 16.2. The Morgan fingerprint density at radius 3 is 2.45 bits per heavy atom. The number of rotatable bonds is 3. The highest BCUT2D eigenvalue weighted by Gasteiger charge is 2.16. The van der Waals surface area contributed by atoms with Crippen LogP contribution in [0.4, 0.5) is 11.4 Å². The number of benzene rings is 1. The van der Waals surface area contributed by atoms with Crippen molar-refractivity contribution in [1.82, 2.24) is 4.57 Å². The van der Waals surface area contributed by atoms with Crippen molar-refractivity contribution >= 4 is 17.3 Å². The number of amides is 1. The first-order valence-electron chi connectivity index (χ1n) is 7.33. The Hall–Kier alpha value is -2.56. The Bertz CT molecular complexity index is 692. The summed E-state index contributed by atoms with van der Waals surface area (Å²) in [6.07, 6.45) is 1.62. The molecule has 1 aromatic carbocycles. The van der Waals surface area contributed by atoms with Crippen molar-refractivity contribution in [3.05, 3.63) is 58.5 Å². The van der Waals surface area contributed by atoms with E-state index in [4.69, 9.17) is 5.73 Å². The van der Waals surface area contributed by atoms with E-state index in [1.54, 1.807) is 43.5 Å². The first kappa shape index (κ1) is 17.5. The summed E-state index contributed by atoms with van der Waals surface area (Å²) < 4.78 is 1.39. The highest BCUT2D eigenvalue weighted by Crippen LogP contribution is 2.18. The fraction of sp³-hybridized carbons (Fsp3) is 0.294. The summed E-state index contributed by atoms with van der Waals surface area (Å²) in [6, 6.07) is 9.69. The molecule has 0 bridgehead atoms. The molecule has 0 fully saturated rings. The molecule has 0 spiro atoms. The lowest BCUT2D eigenvalue weighted by Crippen LogP contribution is -2.31. The van der Waals surface area contributed by atoms with E-state index < -0.39 is 6.04 Å². The van der Waals surface area contributed by atoms with E-state index in [1.165, 1.54) is 10.6 Å². The van der Waals surface area contributed by atoms with Gasteiger partial charge in [-0.25, -0.2) is 0 Å². The molecule has 0 aliphatic heterocycles. The van der Waals surface area contributed by atoms with E-state index >= 15 is 0 Å². The van der Waals surface area contributed by atoms with Crippen LogP contribution in [0.3, 0.4) is 0 Å². The number of carbonyl (C=O) groups is 1. The second-order valence-corrected chi connectivity index (χ2v) is 4.70. The zero-order valence-electron chi connectivity index (χ0n) is 13.5. The normalized spacial score (nSPS) is 11.1. The van der Waals surface area contributed by atoms with Gasteiger partial charge in [0.2, 0.25) is 5.91 Å². The Morgan fingerprint density at radius 2 is 1.86 bits per heavy atom. The van der Waals surface area contributed by atoms with Gasteiger partial charge in [0.15, 0.2) is 0 Å². The van der Waals surface area contributed by atoms with Crippen LogP contribution >= 0.6 is 0 Å². The van der Waals surface area contributed by atoms with Gasteiger partial charge in [0, 0.05) is 12.3 Å². The van der Waals surface area contributed by atoms with Gasteiger partial charge in [0.1, 0.15) is 6.04 Å². The van der Waals surface area contributed by atoms with Crippen LogP contribution in [0.15, 0.2) is 47.4 Å². The topological polar surface area (TPSA) is 77.1 Å². The third-order valence-electron chi connectivity index (χ3n) is 3.12. The van der Waals surface area contributed by atoms with Gasteiger partial charge in [-0.3, -0.25) is 9.59 Å². The number of pyridine rings is 1. The standard InChI is InChI=1S/C15H17N3O2.C2H6/c1-10-7-8-18(14(19)9-10)11(2)15(20)17-13-6-4-3-5-12(13)16;1-2/h3-9,11H,16H2,1-2H3,(H,17,20);1-2H3. The van der Waals surface area contributed by atoms with Crippen molar-refractivity contribution in [3.8, 4) is 0 Å². The van der Waals surface area contributed by atoms with Crippen LogP contribution < -0.4 is 16.6 Å². The van der Waals surface area contributed by atoms with Crippen molar-refractivity contribution in [2.24, 2.45) is 0 Å². The summed E-state index contributed by atoms with van der Waals surface area (Å²) in [7, 11) is 0. The van der Waals surface area contributed by atoms with E-state index in [2.05, 4.69) is 5.32 Å². The van der Waals surface area contributed by atoms with Crippen LogP contribution in [0.25, 0.3) is 0 Å². The van der Waals surface area contributed by atoms with Gasteiger partial charge >= 0.3 is 0 Å². The van der Waals surface area contributed by atoms with Gasteiger partial charge in [-0.2, -0.15) is 0 Å². The molecular weight excluding hydrogens is 278 g/mol. The van der Waals surface area contributed by atoms with Gasteiger partial charge in [-0.05, 0) is 37.6 Å². The van der Waals surface area contributed by atoms with Crippen molar-refractivity contribution in [3.63, 3.8) is 0 Å². The molecule has 2 aromatic rings. The molecule has 5 nitrogen and oxygen atoms in total. The summed E-state index contributed by atoms with van der Waals surface area (Å²) in [4.78, 5) is 24.0. The van der Waals surface area contributed by atoms with Crippen LogP contribution in [0.1, 0.15) is 32.4 Å². The van der Waals surface area contributed by atoms with E-state index in [1.807, 2.05) is 20.8 Å². The van der Waals surface area contributed by atoms with E-state index in [9.17, 15) is 9.59 Å². The number of aryl methyl sites for hydroxylation is 1. The van der Waals surface area contributed by atoms with E-state index in [0.717, 1.165) is 5.56 Å². The molecule has 0 saturated heterocycles. The molecule has 22 heavy (non-hydrogen) atoms.